The molecule has 0 heterocycles. The first kappa shape index (κ1) is 13.5. The number of carbonyl (C=O) groups is 1. The summed E-state index contributed by atoms with van der Waals surface area (Å²) in [6, 6.07) is 0. The van der Waals surface area contributed by atoms with Crippen LogP contribution in [0.25, 0.3) is 0 Å². The van der Waals surface area contributed by atoms with Crippen molar-refractivity contribution >= 4 is 5.78 Å². The van der Waals surface area contributed by atoms with Gasteiger partial charge in [-0.05, 0) is 38.5 Å². The zero-order valence-electron chi connectivity index (χ0n) is 10.5. The van der Waals surface area contributed by atoms with Crippen molar-refractivity contribution in [3.05, 3.63) is 12.2 Å². The van der Waals surface area contributed by atoms with E-state index in [2.05, 4.69) is 12.2 Å². The molecule has 1 aliphatic rings. The summed E-state index contributed by atoms with van der Waals surface area (Å²) in [6.45, 7) is 0. The first-order valence-electron chi connectivity index (χ1n) is 7.06. The van der Waals surface area contributed by atoms with Crippen LogP contribution in [0.1, 0.15) is 77.0 Å². The van der Waals surface area contributed by atoms with Crippen molar-refractivity contribution in [2.75, 3.05) is 0 Å². The molecule has 0 radical (unpaired) electrons. The molecule has 16 heavy (non-hydrogen) atoms. The predicted octanol–water partition coefficient (Wildman–Crippen LogP) is 4.81. The van der Waals surface area contributed by atoms with Crippen molar-refractivity contribution in [1.29, 1.82) is 0 Å². The largest absolute Gasteiger partial charge is 0.300 e. The summed E-state index contributed by atoms with van der Waals surface area (Å²) in [5.74, 6) is 0.494. The molecule has 1 aliphatic carbocycles. The summed E-state index contributed by atoms with van der Waals surface area (Å²) < 4.78 is 0. The lowest BCUT2D eigenvalue weighted by Gasteiger charge is -2.01. The van der Waals surface area contributed by atoms with Gasteiger partial charge >= 0.3 is 0 Å². The van der Waals surface area contributed by atoms with E-state index in [0.717, 1.165) is 25.7 Å². The molecule has 0 spiro atoms. The summed E-state index contributed by atoms with van der Waals surface area (Å²) in [4.78, 5) is 11.5. The SMILES string of the molecule is O=C1CCCCCC/C=C/CCCCCC1. The van der Waals surface area contributed by atoms with Crippen molar-refractivity contribution < 1.29 is 4.79 Å². The smallest absolute Gasteiger partial charge is 0.132 e. The molecule has 0 saturated carbocycles. The van der Waals surface area contributed by atoms with Gasteiger partial charge in [0.15, 0.2) is 0 Å². The lowest BCUT2D eigenvalue weighted by atomic mass is 10.0. The second-order valence-corrected chi connectivity index (χ2v) is 4.92. The average molecular weight is 222 g/mol. The van der Waals surface area contributed by atoms with E-state index in [1.165, 1.54) is 51.4 Å². The van der Waals surface area contributed by atoms with Crippen LogP contribution in [0.15, 0.2) is 12.2 Å². The van der Waals surface area contributed by atoms with Crippen LogP contribution in [0.4, 0.5) is 0 Å². The Morgan fingerprint density at radius 3 is 1.56 bits per heavy atom. The van der Waals surface area contributed by atoms with Crippen LogP contribution in [-0.2, 0) is 4.79 Å². The highest BCUT2D eigenvalue weighted by Crippen LogP contribution is 2.12. The number of hydrogen-bond acceptors (Lipinski definition) is 1. The molecular weight excluding hydrogens is 196 g/mol. The number of rotatable bonds is 0. The van der Waals surface area contributed by atoms with Crippen LogP contribution in [-0.4, -0.2) is 5.78 Å². The van der Waals surface area contributed by atoms with Crippen molar-refractivity contribution in [3.63, 3.8) is 0 Å². The van der Waals surface area contributed by atoms with Crippen LogP contribution in [0.5, 0.6) is 0 Å². The highest BCUT2D eigenvalue weighted by Gasteiger charge is 2.01. The molecule has 0 aromatic rings. The molecule has 0 atom stereocenters. The Bertz CT molecular complexity index is 185. The zero-order valence-corrected chi connectivity index (χ0v) is 10.5. The van der Waals surface area contributed by atoms with Gasteiger partial charge in [-0.1, -0.05) is 37.8 Å². The minimum atomic E-state index is 0.494. The highest BCUT2D eigenvalue weighted by molar-refractivity contribution is 5.78. The van der Waals surface area contributed by atoms with Gasteiger partial charge in [-0.3, -0.25) is 4.79 Å². The molecule has 0 N–H and O–H groups in total. The molecule has 0 amide bonds. The summed E-state index contributed by atoms with van der Waals surface area (Å²) in [5, 5.41) is 0. The number of carbonyl (C=O) groups excluding carboxylic acids is 1. The highest BCUT2D eigenvalue weighted by atomic mass is 16.1. The van der Waals surface area contributed by atoms with Crippen molar-refractivity contribution in [2.45, 2.75) is 77.0 Å². The second-order valence-electron chi connectivity index (χ2n) is 4.92. The Morgan fingerprint density at radius 2 is 1.06 bits per heavy atom. The Kier molecular flexibility index (Phi) is 8.10. The number of ketones is 1. The third-order valence-electron chi connectivity index (χ3n) is 3.32. The molecule has 1 heteroatoms. The number of allylic oxidation sites excluding steroid dienone is 2. The quantitative estimate of drug-likeness (QED) is 0.538. The zero-order chi connectivity index (χ0) is 11.5. The van der Waals surface area contributed by atoms with Crippen molar-refractivity contribution in [1.82, 2.24) is 0 Å². The summed E-state index contributed by atoms with van der Waals surface area (Å²) in [7, 11) is 0. The maximum Gasteiger partial charge on any atom is 0.132 e. The minimum absolute atomic E-state index is 0.494. The van der Waals surface area contributed by atoms with Gasteiger partial charge in [-0.25, -0.2) is 0 Å². The van der Waals surface area contributed by atoms with Crippen LogP contribution in [0.2, 0.25) is 0 Å². The van der Waals surface area contributed by atoms with E-state index in [1.54, 1.807) is 0 Å². The lowest BCUT2D eigenvalue weighted by molar-refractivity contribution is -0.119. The molecule has 0 aromatic heterocycles. The molecule has 0 aromatic carbocycles. The van der Waals surface area contributed by atoms with Gasteiger partial charge < -0.3 is 0 Å². The summed E-state index contributed by atoms with van der Waals surface area (Å²) >= 11 is 0. The van der Waals surface area contributed by atoms with Crippen molar-refractivity contribution in [2.24, 2.45) is 0 Å². The predicted molar refractivity (Wildman–Crippen MR) is 69.6 cm³/mol. The first-order valence-corrected chi connectivity index (χ1v) is 7.06. The average Bonchev–Trinajstić information content (AvgIpc) is 2.29. The Morgan fingerprint density at radius 1 is 0.625 bits per heavy atom. The third-order valence-corrected chi connectivity index (χ3v) is 3.32. The maximum atomic E-state index is 11.5. The van der Waals surface area contributed by atoms with Gasteiger partial charge in [0.2, 0.25) is 0 Å². The van der Waals surface area contributed by atoms with Crippen molar-refractivity contribution in [3.8, 4) is 0 Å². The maximum absolute atomic E-state index is 11.5. The molecule has 0 fully saturated rings. The van der Waals surface area contributed by atoms with Crippen LogP contribution in [0, 0.1) is 0 Å². The van der Waals surface area contributed by atoms with Gasteiger partial charge in [0.25, 0.3) is 0 Å². The van der Waals surface area contributed by atoms with E-state index in [9.17, 15) is 4.79 Å². The molecule has 1 rings (SSSR count). The minimum Gasteiger partial charge on any atom is -0.300 e. The van der Waals surface area contributed by atoms with E-state index >= 15 is 0 Å². The van der Waals surface area contributed by atoms with E-state index in [1.807, 2.05) is 0 Å². The molecule has 0 saturated heterocycles. The molecule has 92 valence electrons. The van der Waals surface area contributed by atoms with Crippen LogP contribution in [0.3, 0.4) is 0 Å². The Hall–Kier alpha value is -0.590. The Balaban J connectivity index is 2.19. The molecule has 0 bridgehead atoms. The van der Waals surface area contributed by atoms with E-state index in [-0.39, 0.29) is 0 Å². The van der Waals surface area contributed by atoms with Crippen LogP contribution >= 0.6 is 0 Å². The van der Waals surface area contributed by atoms with E-state index in [4.69, 9.17) is 0 Å². The first-order chi connectivity index (χ1) is 7.89. The van der Waals surface area contributed by atoms with Crippen LogP contribution < -0.4 is 0 Å². The van der Waals surface area contributed by atoms with Gasteiger partial charge in [-0.15, -0.1) is 0 Å². The summed E-state index contributed by atoms with van der Waals surface area (Å²) in [6.07, 6.45) is 18.7. The van der Waals surface area contributed by atoms with E-state index in [0.29, 0.717) is 5.78 Å². The fourth-order valence-corrected chi connectivity index (χ4v) is 2.24. The van der Waals surface area contributed by atoms with E-state index < -0.39 is 0 Å². The standard InChI is InChI=1S/C15H26O/c16-15-13-11-9-7-5-3-1-2-4-6-8-10-12-14-15/h1-2H,3-14H2/b2-1+. The fourth-order valence-electron chi connectivity index (χ4n) is 2.24. The number of hydrogen-bond donors (Lipinski definition) is 0. The molecule has 1 nitrogen and oxygen atoms in total. The summed E-state index contributed by atoms with van der Waals surface area (Å²) in [5.41, 5.74) is 0. The fraction of sp³-hybridized carbons (Fsp3) is 0.800. The van der Waals surface area contributed by atoms with Gasteiger partial charge in [-0.2, -0.15) is 0 Å². The monoisotopic (exact) mass is 222 g/mol. The third kappa shape index (κ3) is 7.67. The Labute approximate surface area is 100 Å². The van der Waals surface area contributed by atoms with Gasteiger partial charge in [0, 0.05) is 12.8 Å². The normalized spacial score (nSPS) is 24.4. The lowest BCUT2D eigenvalue weighted by Crippen LogP contribution is -1.97. The van der Waals surface area contributed by atoms with Gasteiger partial charge in [0.1, 0.15) is 5.78 Å². The molecular formula is C15H26O. The molecule has 0 aliphatic heterocycles. The topological polar surface area (TPSA) is 17.1 Å². The second kappa shape index (κ2) is 9.62. The number of Topliss-reactive ketones (excluding diaryl/α,β-unsaturated/α-hetero) is 1. The van der Waals surface area contributed by atoms with Gasteiger partial charge in [0.05, 0.1) is 0 Å². The molecule has 0 unspecified atom stereocenters.